The number of sulfonamides is 1. The summed E-state index contributed by atoms with van der Waals surface area (Å²) in [6.07, 6.45) is 0. The van der Waals surface area contributed by atoms with Gasteiger partial charge in [0.2, 0.25) is 10.0 Å². The molecular weight excluding hydrogens is 446 g/mol. The highest BCUT2D eigenvalue weighted by atomic mass is 32.2. The maximum absolute atomic E-state index is 13.1. The fourth-order valence-electron chi connectivity index (χ4n) is 3.14. The Hall–Kier alpha value is -3.15. The highest BCUT2D eigenvalue weighted by Crippen LogP contribution is 2.31. The molecule has 0 saturated carbocycles. The van der Waals surface area contributed by atoms with Crippen LogP contribution >= 0.6 is 0 Å². The third-order valence-corrected chi connectivity index (χ3v) is 6.84. The Morgan fingerprint density at radius 3 is 1.73 bits per heavy atom. The van der Waals surface area contributed by atoms with Gasteiger partial charge in [-0.25, -0.2) is 8.42 Å². The number of hydrogen-bond acceptors (Lipinski definition) is 8. The third-order valence-electron chi connectivity index (χ3n) is 4.92. The summed E-state index contributed by atoms with van der Waals surface area (Å²) in [7, 11) is -3.70. The fraction of sp³-hybridized carbons (Fsp3) is 0.391. The lowest BCUT2D eigenvalue weighted by molar-refractivity contribution is 0.0804. The van der Waals surface area contributed by atoms with Gasteiger partial charge in [0.1, 0.15) is 25.4 Å². The average Bonchev–Trinajstić information content (AvgIpc) is 2.82. The van der Waals surface area contributed by atoms with Crippen molar-refractivity contribution >= 4 is 10.0 Å². The molecule has 1 heterocycles. The quantitative estimate of drug-likeness (QED) is 0.654. The number of hydrogen-bond donors (Lipinski definition) is 0. The van der Waals surface area contributed by atoms with Gasteiger partial charge in [0.15, 0.2) is 11.5 Å². The zero-order valence-corrected chi connectivity index (χ0v) is 19.1. The van der Waals surface area contributed by atoms with Gasteiger partial charge < -0.3 is 18.9 Å². The summed E-state index contributed by atoms with van der Waals surface area (Å²) in [5, 5.41) is 18.5. The van der Waals surface area contributed by atoms with Crippen LogP contribution in [0, 0.1) is 29.6 Å². The Kier molecular flexibility index (Phi) is 8.64. The number of benzene rings is 2. The van der Waals surface area contributed by atoms with Crippen molar-refractivity contribution in [1.82, 2.24) is 4.31 Å². The second-order valence-corrected chi connectivity index (χ2v) is 9.14. The van der Waals surface area contributed by atoms with E-state index < -0.39 is 10.0 Å². The van der Waals surface area contributed by atoms with E-state index in [1.165, 1.54) is 16.4 Å². The number of nitriles is 2. The first-order valence-electron chi connectivity index (χ1n) is 10.4. The van der Waals surface area contributed by atoms with Crippen LogP contribution in [0.1, 0.15) is 16.7 Å². The second kappa shape index (κ2) is 11.6. The molecule has 0 radical (unpaired) electrons. The van der Waals surface area contributed by atoms with Crippen molar-refractivity contribution in [3.8, 4) is 23.6 Å². The number of rotatable bonds is 2. The average molecular weight is 472 g/mol. The smallest absolute Gasteiger partial charge is 0.243 e. The standard InChI is InChI=1S/C23H25N3O6S/c1-18-2-4-21(5-3-18)33(27,28)26-6-8-29-10-12-31-22-14-19(16-24)20(17-25)15-23(22)32-13-11-30-9-7-26/h2-5,14-15H,6-13H2,1H3. The Bertz CT molecular complexity index is 1080. The lowest BCUT2D eigenvalue weighted by Crippen LogP contribution is -2.37. The first-order chi connectivity index (χ1) is 16.0. The number of ether oxygens (including phenoxy) is 4. The van der Waals surface area contributed by atoms with Gasteiger partial charge in [-0.15, -0.1) is 0 Å². The Morgan fingerprint density at radius 1 is 0.788 bits per heavy atom. The highest BCUT2D eigenvalue weighted by Gasteiger charge is 2.24. The van der Waals surface area contributed by atoms with Crippen LogP contribution in [0.25, 0.3) is 0 Å². The van der Waals surface area contributed by atoms with Crippen molar-refractivity contribution in [3.63, 3.8) is 0 Å². The number of aryl methyl sites for hydroxylation is 1. The van der Waals surface area contributed by atoms with Crippen molar-refractivity contribution in [2.24, 2.45) is 0 Å². The van der Waals surface area contributed by atoms with Crippen LogP contribution in [0.5, 0.6) is 11.5 Å². The molecule has 3 rings (SSSR count). The summed E-state index contributed by atoms with van der Waals surface area (Å²) in [4.78, 5) is 0.217. The first kappa shape index (κ1) is 24.5. The van der Waals surface area contributed by atoms with Crippen molar-refractivity contribution in [1.29, 1.82) is 10.5 Å². The summed E-state index contributed by atoms with van der Waals surface area (Å²) >= 11 is 0. The van der Waals surface area contributed by atoms with Gasteiger partial charge in [-0.05, 0) is 19.1 Å². The normalized spacial score (nSPS) is 16.6. The Labute approximate surface area is 193 Å². The largest absolute Gasteiger partial charge is 0.487 e. The van der Waals surface area contributed by atoms with Crippen LogP contribution in [0.4, 0.5) is 0 Å². The van der Waals surface area contributed by atoms with Crippen molar-refractivity contribution in [2.75, 3.05) is 52.7 Å². The summed E-state index contributed by atoms with van der Waals surface area (Å²) in [5.41, 5.74) is 1.35. The van der Waals surface area contributed by atoms with Gasteiger partial charge in [0.05, 0.1) is 42.4 Å². The molecule has 0 N–H and O–H groups in total. The summed E-state index contributed by atoms with van der Waals surface area (Å²) in [6.45, 7) is 3.30. The first-order valence-corrected chi connectivity index (χ1v) is 11.9. The lowest BCUT2D eigenvalue weighted by Gasteiger charge is -2.22. The summed E-state index contributed by atoms with van der Waals surface area (Å²) in [6, 6.07) is 13.6. The van der Waals surface area contributed by atoms with E-state index in [1.54, 1.807) is 24.3 Å². The maximum atomic E-state index is 13.1. The molecule has 0 aliphatic carbocycles. The molecule has 1 aliphatic heterocycles. The van der Waals surface area contributed by atoms with E-state index in [1.807, 2.05) is 19.1 Å². The third kappa shape index (κ3) is 6.44. The predicted octanol–water partition coefficient (Wildman–Crippen LogP) is 2.23. The molecule has 10 heteroatoms. The highest BCUT2D eigenvalue weighted by molar-refractivity contribution is 7.89. The van der Waals surface area contributed by atoms with Crippen LogP contribution in [-0.4, -0.2) is 65.5 Å². The number of fused-ring (bicyclic) bond motifs is 1. The van der Waals surface area contributed by atoms with Crippen molar-refractivity contribution in [3.05, 3.63) is 53.1 Å². The molecular formula is C23H25N3O6S. The minimum Gasteiger partial charge on any atom is -0.487 e. The topological polar surface area (TPSA) is 122 Å². The molecule has 0 unspecified atom stereocenters. The molecule has 0 saturated heterocycles. The van der Waals surface area contributed by atoms with Crippen LogP contribution in [0.15, 0.2) is 41.3 Å². The molecule has 33 heavy (non-hydrogen) atoms. The minimum absolute atomic E-state index is 0.161. The minimum atomic E-state index is -3.70. The molecule has 0 atom stereocenters. The molecule has 0 bridgehead atoms. The van der Waals surface area contributed by atoms with Gasteiger partial charge in [-0.1, -0.05) is 17.7 Å². The van der Waals surface area contributed by atoms with Crippen molar-refractivity contribution in [2.45, 2.75) is 11.8 Å². The molecule has 9 nitrogen and oxygen atoms in total. The van der Waals surface area contributed by atoms with Gasteiger partial charge in [-0.3, -0.25) is 0 Å². The van der Waals surface area contributed by atoms with E-state index in [9.17, 15) is 18.9 Å². The summed E-state index contributed by atoms with van der Waals surface area (Å²) < 4.78 is 50.0. The van der Waals surface area contributed by atoms with E-state index in [-0.39, 0.29) is 68.8 Å². The molecule has 0 spiro atoms. The molecule has 2 aromatic carbocycles. The van der Waals surface area contributed by atoms with Gasteiger partial charge in [0.25, 0.3) is 0 Å². The van der Waals surface area contributed by atoms with E-state index in [0.29, 0.717) is 11.5 Å². The second-order valence-electron chi connectivity index (χ2n) is 7.21. The molecule has 2 aromatic rings. The van der Waals surface area contributed by atoms with E-state index in [0.717, 1.165) is 5.56 Å². The van der Waals surface area contributed by atoms with Crippen LogP contribution in [-0.2, 0) is 19.5 Å². The van der Waals surface area contributed by atoms with Crippen molar-refractivity contribution < 1.29 is 27.4 Å². The molecule has 1 aliphatic rings. The van der Waals surface area contributed by atoms with Crippen LogP contribution in [0.3, 0.4) is 0 Å². The number of nitrogens with zero attached hydrogens (tertiary/aromatic N) is 3. The lowest BCUT2D eigenvalue weighted by atomic mass is 10.1. The molecule has 0 amide bonds. The Balaban J connectivity index is 1.71. The molecule has 0 aromatic heterocycles. The van der Waals surface area contributed by atoms with E-state index in [4.69, 9.17) is 18.9 Å². The predicted molar refractivity (Wildman–Crippen MR) is 118 cm³/mol. The van der Waals surface area contributed by atoms with Crippen LogP contribution in [0.2, 0.25) is 0 Å². The van der Waals surface area contributed by atoms with E-state index >= 15 is 0 Å². The molecule has 174 valence electrons. The van der Waals surface area contributed by atoms with Gasteiger partial charge in [0, 0.05) is 25.2 Å². The fourth-order valence-corrected chi connectivity index (χ4v) is 4.55. The molecule has 0 fully saturated rings. The van der Waals surface area contributed by atoms with Crippen LogP contribution < -0.4 is 9.47 Å². The van der Waals surface area contributed by atoms with Gasteiger partial charge >= 0.3 is 0 Å². The monoisotopic (exact) mass is 471 g/mol. The maximum Gasteiger partial charge on any atom is 0.243 e. The van der Waals surface area contributed by atoms with Gasteiger partial charge in [-0.2, -0.15) is 14.8 Å². The Morgan fingerprint density at radius 2 is 1.27 bits per heavy atom. The zero-order chi connectivity index (χ0) is 23.7. The zero-order valence-electron chi connectivity index (χ0n) is 18.3. The van der Waals surface area contributed by atoms with E-state index in [2.05, 4.69) is 0 Å². The summed E-state index contributed by atoms with van der Waals surface area (Å²) in [5.74, 6) is 0.653. The SMILES string of the molecule is Cc1ccc(S(=O)(=O)N2CCOCCOc3cc(C#N)c(C#N)cc3OCCOCC2)cc1.